The maximum Gasteiger partial charge on any atom is 0.115 e. The number of phenols is 1. The van der Waals surface area contributed by atoms with E-state index in [4.69, 9.17) is 0 Å². The zero-order chi connectivity index (χ0) is 12.0. The highest BCUT2D eigenvalue weighted by Crippen LogP contribution is 2.28. The van der Waals surface area contributed by atoms with Gasteiger partial charge in [-0.15, -0.1) is 0 Å². The third-order valence-electron chi connectivity index (χ3n) is 3.56. The van der Waals surface area contributed by atoms with Crippen molar-refractivity contribution >= 4 is 0 Å². The average Bonchev–Trinajstić information content (AvgIpc) is 2.31. The van der Waals surface area contributed by atoms with Crippen LogP contribution < -0.4 is 0 Å². The quantitative estimate of drug-likeness (QED) is 0.736. The van der Waals surface area contributed by atoms with E-state index in [0.29, 0.717) is 11.7 Å². The van der Waals surface area contributed by atoms with E-state index >= 15 is 0 Å². The van der Waals surface area contributed by atoms with E-state index in [1.807, 2.05) is 0 Å². The first-order valence-electron chi connectivity index (χ1n) is 6.46. The molecular formula is C15H24O. The Morgan fingerprint density at radius 2 is 1.62 bits per heavy atom. The molecule has 1 rings (SSSR count). The third kappa shape index (κ3) is 3.88. The van der Waals surface area contributed by atoms with Gasteiger partial charge in [0.2, 0.25) is 0 Å². The summed E-state index contributed by atoms with van der Waals surface area (Å²) in [5, 5.41) is 9.27. The van der Waals surface area contributed by atoms with Gasteiger partial charge in [-0.05, 0) is 42.4 Å². The predicted molar refractivity (Wildman–Crippen MR) is 69.8 cm³/mol. The van der Waals surface area contributed by atoms with Gasteiger partial charge >= 0.3 is 0 Å². The van der Waals surface area contributed by atoms with Gasteiger partial charge < -0.3 is 5.11 Å². The number of phenolic OH excluding ortho intramolecular Hbond substituents is 1. The number of benzene rings is 1. The van der Waals surface area contributed by atoms with Crippen LogP contribution in [0.4, 0.5) is 0 Å². The molecule has 0 amide bonds. The van der Waals surface area contributed by atoms with E-state index in [0.717, 1.165) is 5.92 Å². The van der Waals surface area contributed by atoms with Crippen molar-refractivity contribution < 1.29 is 5.11 Å². The molecule has 1 nitrogen and oxygen atoms in total. The van der Waals surface area contributed by atoms with Crippen molar-refractivity contribution in [2.75, 3.05) is 0 Å². The summed E-state index contributed by atoms with van der Waals surface area (Å²) < 4.78 is 0. The zero-order valence-electron chi connectivity index (χ0n) is 10.7. The highest BCUT2D eigenvalue weighted by molar-refractivity contribution is 5.28. The monoisotopic (exact) mass is 220 g/mol. The van der Waals surface area contributed by atoms with Gasteiger partial charge in [-0.3, -0.25) is 0 Å². The van der Waals surface area contributed by atoms with E-state index in [1.165, 1.54) is 31.2 Å². The van der Waals surface area contributed by atoms with Crippen LogP contribution in [-0.4, -0.2) is 5.11 Å². The smallest absolute Gasteiger partial charge is 0.115 e. The molecule has 0 aromatic heterocycles. The summed E-state index contributed by atoms with van der Waals surface area (Å²) in [6.07, 6.45) is 5.01. The largest absolute Gasteiger partial charge is 0.508 e. The van der Waals surface area contributed by atoms with Gasteiger partial charge in [0.05, 0.1) is 0 Å². The summed E-state index contributed by atoms with van der Waals surface area (Å²) in [5.41, 5.74) is 1.36. The number of aromatic hydroxyl groups is 1. The van der Waals surface area contributed by atoms with Crippen molar-refractivity contribution in [3.63, 3.8) is 0 Å². The number of hydrogen-bond donors (Lipinski definition) is 1. The lowest BCUT2D eigenvalue weighted by Crippen LogP contribution is -2.01. The molecule has 2 unspecified atom stereocenters. The molecule has 0 aliphatic carbocycles. The van der Waals surface area contributed by atoms with Crippen LogP contribution in [0.3, 0.4) is 0 Å². The first kappa shape index (κ1) is 13.1. The Labute approximate surface area is 99.5 Å². The van der Waals surface area contributed by atoms with Crippen LogP contribution in [0.5, 0.6) is 5.75 Å². The Morgan fingerprint density at radius 3 is 2.12 bits per heavy atom. The van der Waals surface area contributed by atoms with Gasteiger partial charge in [-0.2, -0.15) is 0 Å². The molecule has 2 atom stereocenters. The van der Waals surface area contributed by atoms with Gasteiger partial charge in [-0.1, -0.05) is 45.7 Å². The first-order chi connectivity index (χ1) is 7.67. The minimum absolute atomic E-state index is 0.362. The second-order valence-corrected chi connectivity index (χ2v) is 4.79. The lowest BCUT2D eigenvalue weighted by Gasteiger charge is -2.17. The highest BCUT2D eigenvalue weighted by atomic mass is 16.3. The van der Waals surface area contributed by atoms with Gasteiger partial charge in [0, 0.05) is 0 Å². The lowest BCUT2D eigenvalue weighted by atomic mass is 9.88. The van der Waals surface area contributed by atoms with Crippen LogP contribution in [0.15, 0.2) is 24.3 Å². The van der Waals surface area contributed by atoms with E-state index in [2.05, 4.69) is 32.9 Å². The fourth-order valence-electron chi connectivity index (χ4n) is 2.04. The molecule has 1 heteroatoms. The second-order valence-electron chi connectivity index (χ2n) is 4.79. The molecule has 0 spiro atoms. The predicted octanol–water partition coefficient (Wildman–Crippen LogP) is 4.71. The van der Waals surface area contributed by atoms with Crippen molar-refractivity contribution in [2.45, 2.75) is 52.4 Å². The second kappa shape index (κ2) is 6.57. The highest BCUT2D eigenvalue weighted by Gasteiger charge is 2.10. The average molecular weight is 220 g/mol. The van der Waals surface area contributed by atoms with E-state index < -0.39 is 0 Å². The Kier molecular flexibility index (Phi) is 5.37. The molecule has 0 fully saturated rings. The molecule has 1 aromatic carbocycles. The van der Waals surface area contributed by atoms with Crippen LogP contribution in [0.25, 0.3) is 0 Å². The molecule has 0 saturated carbocycles. The maximum atomic E-state index is 9.27. The van der Waals surface area contributed by atoms with E-state index in [9.17, 15) is 5.11 Å². The number of rotatable bonds is 6. The third-order valence-corrected chi connectivity index (χ3v) is 3.56. The SMILES string of the molecule is CCC(C)CCC(CC)c1ccc(O)cc1. The minimum atomic E-state index is 0.362. The Hall–Kier alpha value is -0.980. The summed E-state index contributed by atoms with van der Waals surface area (Å²) >= 11 is 0. The first-order valence-corrected chi connectivity index (χ1v) is 6.46. The van der Waals surface area contributed by atoms with Crippen molar-refractivity contribution in [1.29, 1.82) is 0 Å². The molecule has 0 bridgehead atoms. The molecule has 0 heterocycles. The summed E-state index contributed by atoms with van der Waals surface area (Å²) in [6, 6.07) is 7.70. The van der Waals surface area contributed by atoms with Crippen LogP contribution in [-0.2, 0) is 0 Å². The number of hydrogen-bond acceptors (Lipinski definition) is 1. The van der Waals surface area contributed by atoms with Crippen molar-refractivity contribution in [3.8, 4) is 5.75 Å². The van der Waals surface area contributed by atoms with Crippen molar-refractivity contribution in [3.05, 3.63) is 29.8 Å². The van der Waals surface area contributed by atoms with Gasteiger partial charge in [0.1, 0.15) is 5.75 Å². The molecular weight excluding hydrogens is 196 g/mol. The van der Waals surface area contributed by atoms with Gasteiger partial charge in [0.25, 0.3) is 0 Å². The lowest BCUT2D eigenvalue weighted by molar-refractivity contribution is 0.452. The summed E-state index contributed by atoms with van der Waals surface area (Å²) in [5.74, 6) is 1.83. The van der Waals surface area contributed by atoms with Crippen molar-refractivity contribution in [1.82, 2.24) is 0 Å². The fraction of sp³-hybridized carbons (Fsp3) is 0.600. The summed E-state index contributed by atoms with van der Waals surface area (Å²) in [4.78, 5) is 0. The molecule has 1 N–H and O–H groups in total. The maximum absolute atomic E-state index is 9.27. The van der Waals surface area contributed by atoms with E-state index in [-0.39, 0.29) is 0 Å². The molecule has 1 aromatic rings. The van der Waals surface area contributed by atoms with Crippen LogP contribution >= 0.6 is 0 Å². The molecule has 0 aliphatic rings. The van der Waals surface area contributed by atoms with Crippen LogP contribution in [0, 0.1) is 5.92 Å². The Bertz CT molecular complexity index is 289. The fourth-order valence-corrected chi connectivity index (χ4v) is 2.04. The Balaban J connectivity index is 2.57. The topological polar surface area (TPSA) is 20.2 Å². The molecule has 0 radical (unpaired) electrons. The zero-order valence-corrected chi connectivity index (χ0v) is 10.7. The molecule has 16 heavy (non-hydrogen) atoms. The van der Waals surface area contributed by atoms with Gasteiger partial charge in [0.15, 0.2) is 0 Å². The van der Waals surface area contributed by atoms with Gasteiger partial charge in [-0.25, -0.2) is 0 Å². The minimum Gasteiger partial charge on any atom is -0.508 e. The molecule has 90 valence electrons. The molecule has 0 saturated heterocycles. The van der Waals surface area contributed by atoms with E-state index in [1.54, 1.807) is 12.1 Å². The van der Waals surface area contributed by atoms with Crippen molar-refractivity contribution in [2.24, 2.45) is 5.92 Å². The standard InChI is InChI=1S/C15H24O/c1-4-12(3)6-7-13(5-2)14-8-10-15(16)11-9-14/h8-13,16H,4-7H2,1-3H3. The normalized spacial score (nSPS) is 14.7. The van der Waals surface area contributed by atoms with Crippen LogP contribution in [0.2, 0.25) is 0 Å². The van der Waals surface area contributed by atoms with Crippen LogP contribution in [0.1, 0.15) is 57.9 Å². The molecule has 0 aliphatic heterocycles. The summed E-state index contributed by atoms with van der Waals surface area (Å²) in [7, 11) is 0. The summed E-state index contributed by atoms with van der Waals surface area (Å²) in [6.45, 7) is 6.82. The Morgan fingerprint density at radius 1 is 1.00 bits per heavy atom.